The summed E-state index contributed by atoms with van der Waals surface area (Å²) in [6.45, 7) is 0. The van der Waals surface area contributed by atoms with Crippen LogP contribution in [0.5, 0.6) is 5.75 Å². The van der Waals surface area contributed by atoms with Gasteiger partial charge in [-0.1, -0.05) is 35.9 Å². The van der Waals surface area contributed by atoms with Gasteiger partial charge in [-0.3, -0.25) is 9.00 Å². The Labute approximate surface area is 136 Å². The van der Waals surface area contributed by atoms with Crippen LogP contribution in [-0.2, 0) is 27.8 Å². The summed E-state index contributed by atoms with van der Waals surface area (Å²) in [5.74, 6) is 0.225. The van der Waals surface area contributed by atoms with E-state index in [9.17, 15) is 14.1 Å². The van der Waals surface area contributed by atoms with E-state index in [2.05, 4.69) is 5.32 Å². The molecule has 1 amide bonds. The predicted octanol–water partition coefficient (Wildman–Crippen LogP) is 3.11. The second kappa shape index (κ2) is 7.42. The van der Waals surface area contributed by atoms with E-state index in [0.29, 0.717) is 22.0 Å². The topological polar surface area (TPSA) is 66.4 Å². The molecule has 2 rings (SSSR count). The largest absolute Gasteiger partial charge is 0.508 e. The zero-order valence-corrected chi connectivity index (χ0v) is 13.6. The second-order valence-corrected chi connectivity index (χ2v) is 6.72. The fourth-order valence-electron chi connectivity index (χ4n) is 2.03. The number of hydrogen-bond acceptors (Lipinski definition) is 3. The molecule has 0 spiro atoms. The number of nitrogens with one attached hydrogen (secondary N) is 1. The van der Waals surface area contributed by atoms with Crippen LogP contribution in [0.25, 0.3) is 0 Å². The van der Waals surface area contributed by atoms with Gasteiger partial charge in [0.15, 0.2) is 0 Å². The molecule has 0 heterocycles. The highest BCUT2D eigenvalue weighted by molar-refractivity contribution is 7.83. The number of rotatable bonds is 5. The molecule has 0 aliphatic rings. The van der Waals surface area contributed by atoms with Gasteiger partial charge in [-0.15, -0.1) is 0 Å². The second-order valence-electron chi connectivity index (χ2n) is 4.88. The number of halogens is 1. The lowest BCUT2D eigenvalue weighted by Gasteiger charge is -2.11. The van der Waals surface area contributed by atoms with Crippen LogP contribution in [0.2, 0.25) is 5.02 Å². The maximum Gasteiger partial charge on any atom is 0.228 e. The summed E-state index contributed by atoms with van der Waals surface area (Å²) >= 11 is 6.00. The van der Waals surface area contributed by atoms with E-state index in [4.69, 9.17) is 11.6 Å². The molecule has 0 saturated heterocycles. The normalized spacial score (nSPS) is 11.9. The molecule has 2 aromatic rings. The van der Waals surface area contributed by atoms with E-state index in [0.717, 1.165) is 5.56 Å². The van der Waals surface area contributed by atoms with Gasteiger partial charge in [-0.25, -0.2) is 0 Å². The first-order chi connectivity index (χ1) is 10.5. The first kappa shape index (κ1) is 16.5. The van der Waals surface area contributed by atoms with E-state index in [1.807, 2.05) is 18.2 Å². The summed E-state index contributed by atoms with van der Waals surface area (Å²) in [5.41, 5.74) is 2.11. The van der Waals surface area contributed by atoms with Crippen molar-refractivity contribution in [1.82, 2.24) is 0 Å². The summed E-state index contributed by atoms with van der Waals surface area (Å²) in [6.07, 6.45) is 1.72. The Hall–Kier alpha value is -1.85. The third kappa shape index (κ3) is 4.58. The summed E-state index contributed by atoms with van der Waals surface area (Å²) in [4.78, 5) is 12.1. The molecular weight excluding hydrogens is 322 g/mol. The standard InChI is InChI=1S/C16H16ClNO3S/c1-22(21)10-12-4-2-3-5-15(12)18-16(20)8-11-6-7-13(19)9-14(11)17/h2-7,9,19H,8,10H2,1H3,(H,18,20)/t22-/m1/s1. The Bertz CT molecular complexity index is 718. The lowest BCUT2D eigenvalue weighted by Crippen LogP contribution is -2.16. The molecule has 2 N–H and O–H groups in total. The van der Waals surface area contributed by atoms with Crippen LogP contribution >= 0.6 is 11.6 Å². The number of carbonyl (C=O) groups excluding carboxylic acids is 1. The maximum absolute atomic E-state index is 12.1. The number of anilines is 1. The Kier molecular flexibility index (Phi) is 5.57. The molecule has 22 heavy (non-hydrogen) atoms. The van der Waals surface area contributed by atoms with Crippen molar-refractivity contribution < 1.29 is 14.1 Å². The van der Waals surface area contributed by atoms with Crippen LogP contribution in [0, 0.1) is 0 Å². The lowest BCUT2D eigenvalue weighted by molar-refractivity contribution is -0.115. The van der Waals surface area contributed by atoms with Crippen molar-refractivity contribution in [3.8, 4) is 5.75 Å². The van der Waals surface area contributed by atoms with Crippen LogP contribution < -0.4 is 5.32 Å². The Morgan fingerprint density at radius 2 is 1.95 bits per heavy atom. The molecule has 0 aromatic heterocycles. The SMILES string of the molecule is C[S@@](=O)Cc1ccccc1NC(=O)Cc1ccc(O)cc1Cl. The smallest absolute Gasteiger partial charge is 0.228 e. The molecule has 0 fully saturated rings. The zero-order valence-electron chi connectivity index (χ0n) is 12.0. The predicted molar refractivity (Wildman–Crippen MR) is 89.7 cm³/mol. The van der Waals surface area contributed by atoms with Crippen molar-refractivity contribution in [3.05, 3.63) is 58.6 Å². The Morgan fingerprint density at radius 1 is 1.23 bits per heavy atom. The quantitative estimate of drug-likeness (QED) is 0.881. The van der Waals surface area contributed by atoms with Crippen molar-refractivity contribution in [2.45, 2.75) is 12.2 Å². The van der Waals surface area contributed by atoms with Gasteiger partial charge < -0.3 is 10.4 Å². The molecule has 1 atom stereocenters. The summed E-state index contributed by atoms with van der Waals surface area (Å²) < 4.78 is 11.4. The molecule has 6 heteroatoms. The minimum absolute atomic E-state index is 0.0601. The molecular formula is C16H16ClNO3S. The van der Waals surface area contributed by atoms with Gasteiger partial charge in [0.2, 0.25) is 5.91 Å². The fraction of sp³-hybridized carbons (Fsp3) is 0.188. The highest BCUT2D eigenvalue weighted by atomic mass is 35.5. The van der Waals surface area contributed by atoms with Crippen molar-refractivity contribution in [3.63, 3.8) is 0 Å². The number of aromatic hydroxyl groups is 1. The average molecular weight is 338 g/mol. The number of amides is 1. The van der Waals surface area contributed by atoms with Gasteiger partial charge in [-0.2, -0.15) is 0 Å². The molecule has 0 aliphatic heterocycles. The van der Waals surface area contributed by atoms with E-state index in [-0.39, 0.29) is 18.1 Å². The van der Waals surface area contributed by atoms with Crippen LogP contribution in [0.1, 0.15) is 11.1 Å². The highest BCUT2D eigenvalue weighted by Crippen LogP contribution is 2.23. The Balaban J connectivity index is 2.10. The molecule has 0 unspecified atom stereocenters. The molecule has 0 bridgehead atoms. The lowest BCUT2D eigenvalue weighted by atomic mass is 10.1. The van der Waals surface area contributed by atoms with Crippen LogP contribution in [-0.4, -0.2) is 21.5 Å². The number of para-hydroxylation sites is 1. The molecule has 0 radical (unpaired) electrons. The summed E-state index contributed by atoms with van der Waals surface area (Å²) in [5, 5.41) is 12.5. The molecule has 0 saturated carbocycles. The third-order valence-electron chi connectivity index (χ3n) is 3.04. The fourth-order valence-corrected chi connectivity index (χ4v) is 2.97. The maximum atomic E-state index is 12.1. The summed E-state index contributed by atoms with van der Waals surface area (Å²) in [7, 11) is -0.986. The first-order valence-corrected chi connectivity index (χ1v) is 8.71. The van der Waals surface area contributed by atoms with Crippen LogP contribution in [0.4, 0.5) is 5.69 Å². The van der Waals surface area contributed by atoms with E-state index in [1.54, 1.807) is 18.4 Å². The van der Waals surface area contributed by atoms with E-state index >= 15 is 0 Å². The van der Waals surface area contributed by atoms with Crippen molar-refractivity contribution in [1.29, 1.82) is 0 Å². The van der Waals surface area contributed by atoms with Crippen LogP contribution in [0.15, 0.2) is 42.5 Å². The molecule has 2 aromatic carbocycles. The summed E-state index contributed by atoms with van der Waals surface area (Å²) in [6, 6.07) is 11.8. The number of phenolic OH excluding ortho intramolecular Hbond substituents is 1. The number of phenols is 1. The Morgan fingerprint density at radius 3 is 2.64 bits per heavy atom. The van der Waals surface area contributed by atoms with Gasteiger partial charge in [0.05, 0.1) is 12.2 Å². The van der Waals surface area contributed by atoms with Gasteiger partial charge >= 0.3 is 0 Å². The first-order valence-electron chi connectivity index (χ1n) is 6.61. The minimum Gasteiger partial charge on any atom is -0.508 e. The minimum atomic E-state index is -0.986. The van der Waals surface area contributed by atoms with E-state index in [1.165, 1.54) is 12.1 Å². The molecule has 0 aliphatic carbocycles. The van der Waals surface area contributed by atoms with Gasteiger partial charge in [-0.05, 0) is 29.3 Å². The third-order valence-corrected chi connectivity index (χ3v) is 4.11. The van der Waals surface area contributed by atoms with Gasteiger partial charge in [0.25, 0.3) is 0 Å². The van der Waals surface area contributed by atoms with Crippen molar-refractivity contribution >= 4 is 34.0 Å². The van der Waals surface area contributed by atoms with Crippen molar-refractivity contribution in [2.75, 3.05) is 11.6 Å². The monoisotopic (exact) mass is 337 g/mol. The number of benzene rings is 2. The number of hydrogen-bond donors (Lipinski definition) is 2. The van der Waals surface area contributed by atoms with Gasteiger partial charge in [0, 0.05) is 27.8 Å². The van der Waals surface area contributed by atoms with Crippen LogP contribution in [0.3, 0.4) is 0 Å². The average Bonchev–Trinajstić information content (AvgIpc) is 2.43. The number of carbonyl (C=O) groups is 1. The molecule has 4 nitrogen and oxygen atoms in total. The van der Waals surface area contributed by atoms with E-state index < -0.39 is 10.8 Å². The van der Waals surface area contributed by atoms with Gasteiger partial charge in [0.1, 0.15) is 5.75 Å². The molecule has 116 valence electrons. The van der Waals surface area contributed by atoms with Crippen molar-refractivity contribution in [2.24, 2.45) is 0 Å². The highest BCUT2D eigenvalue weighted by Gasteiger charge is 2.11. The zero-order chi connectivity index (χ0) is 16.1.